The molecule has 180 valence electrons. The molecule has 1 heterocycles. The van der Waals surface area contributed by atoms with Crippen molar-refractivity contribution in [1.29, 1.82) is 0 Å². The number of benzene rings is 2. The Morgan fingerprint density at radius 2 is 1.76 bits per heavy atom. The molecule has 3 rings (SSSR count). The molecular weight excluding hydrogens is 462 g/mol. The molecule has 0 bridgehead atoms. The zero-order valence-electron chi connectivity index (χ0n) is 18.3. The van der Waals surface area contributed by atoms with Crippen molar-refractivity contribution in [2.75, 3.05) is 23.8 Å². The molecule has 1 atom stereocenters. The van der Waals surface area contributed by atoms with E-state index in [9.17, 15) is 22.0 Å². The number of rotatable bonds is 9. The van der Waals surface area contributed by atoms with Crippen LogP contribution >= 0.6 is 0 Å². The van der Waals surface area contributed by atoms with E-state index in [-0.39, 0.29) is 46.3 Å². The number of sulfonamides is 1. The van der Waals surface area contributed by atoms with E-state index in [2.05, 4.69) is 19.5 Å². The summed E-state index contributed by atoms with van der Waals surface area (Å²) < 4.78 is 74.0. The second-order valence-corrected chi connectivity index (χ2v) is 9.07. The quantitative estimate of drug-likeness (QED) is 0.554. The summed E-state index contributed by atoms with van der Waals surface area (Å²) in [7, 11) is -2.76. The monoisotopic (exact) mass is 486 g/mol. The maximum Gasteiger partial charge on any atom is 0.586 e. The van der Waals surface area contributed by atoms with Crippen LogP contribution in [0.2, 0.25) is 0 Å². The van der Waals surface area contributed by atoms with Gasteiger partial charge in [0.15, 0.2) is 11.5 Å². The van der Waals surface area contributed by atoms with Gasteiger partial charge in [-0.25, -0.2) is 8.42 Å². The number of nitrogens with one attached hydrogen (secondary N) is 2. The normalized spacial score (nSPS) is 15.2. The number of alkyl halides is 2. The fourth-order valence-electron chi connectivity index (χ4n) is 3.19. The van der Waals surface area contributed by atoms with Gasteiger partial charge in [-0.2, -0.15) is 0 Å². The molecule has 2 N–H and O–H groups in total. The minimum absolute atomic E-state index is 0.00593. The van der Waals surface area contributed by atoms with Crippen LogP contribution < -0.4 is 24.2 Å². The number of hydrogen-bond acceptors (Lipinski definition) is 7. The summed E-state index contributed by atoms with van der Waals surface area (Å²) in [6.07, 6.45) is -4.51. The molecule has 0 aromatic heterocycles. The van der Waals surface area contributed by atoms with Gasteiger partial charge in [0, 0.05) is 24.9 Å². The van der Waals surface area contributed by atoms with Gasteiger partial charge in [-0.3, -0.25) is 9.52 Å². The van der Waals surface area contributed by atoms with E-state index in [0.717, 1.165) is 12.1 Å². The Labute approximate surface area is 190 Å². The van der Waals surface area contributed by atoms with E-state index in [1.54, 1.807) is 6.92 Å². The number of fused-ring (bicyclic) bond motifs is 1. The van der Waals surface area contributed by atoms with Gasteiger partial charge in [-0.05, 0) is 37.1 Å². The Morgan fingerprint density at radius 3 is 2.39 bits per heavy atom. The second-order valence-electron chi connectivity index (χ2n) is 7.42. The lowest BCUT2D eigenvalue weighted by Gasteiger charge is -2.19. The summed E-state index contributed by atoms with van der Waals surface area (Å²) in [6, 6.07) is 7.55. The van der Waals surface area contributed by atoms with E-state index in [1.165, 1.54) is 31.4 Å². The standard InChI is InChI=1S/C21H24F2N2O7S/c1-5-30-17-10-13(24-20(26)19(29-4)12(2)3)7-9-18(17)33(27,28)25-14-6-8-15-16(11-14)32-21(22,23)31-15/h6-12,19,25H,5H2,1-4H3,(H,24,26)/t19-/m0/s1. The van der Waals surface area contributed by atoms with Crippen LogP contribution in [-0.4, -0.2) is 40.4 Å². The van der Waals surface area contributed by atoms with Gasteiger partial charge >= 0.3 is 6.29 Å². The molecule has 33 heavy (non-hydrogen) atoms. The number of hydrogen-bond donors (Lipinski definition) is 2. The van der Waals surface area contributed by atoms with E-state index in [4.69, 9.17) is 9.47 Å². The maximum atomic E-state index is 13.2. The van der Waals surface area contributed by atoms with Crippen LogP contribution in [0.4, 0.5) is 20.2 Å². The molecule has 12 heteroatoms. The molecule has 0 unspecified atom stereocenters. The molecular formula is C21H24F2N2O7S. The van der Waals surface area contributed by atoms with Crippen LogP contribution in [-0.2, 0) is 19.6 Å². The first kappa shape index (κ1) is 24.5. The highest BCUT2D eigenvalue weighted by atomic mass is 32.2. The van der Waals surface area contributed by atoms with E-state index in [0.29, 0.717) is 5.69 Å². The molecule has 0 spiro atoms. The van der Waals surface area contributed by atoms with Gasteiger partial charge in [-0.1, -0.05) is 13.8 Å². The molecule has 2 aromatic carbocycles. The van der Waals surface area contributed by atoms with Gasteiger partial charge in [-0.15, -0.1) is 8.78 Å². The number of methoxy groups -OCH3 is 1. The number of carbonyl (C=O) groups excluding carboxylic acids is 1. The van der Waals surface area contributed by atoms with Crippen molar-refractivity contribution in [3.05, 3.63) is 36.4 Å². The Morgan fingerprint density at radius 1 is 1.09 bits per heavy atom. The SMILES string of the molecule is CCOc1cc(NC(=O)[C@@H](OC)C(C)C)ccc1S(=O)(=O)Nc1ccc2c(c1)OC(F)(F)O2. The van der Waals surface area contributed by atoms with E-state index < -0.39 is 22.4 Å². The summed E-state index contributed by atoms with van der Waals surface area (Å²) >= 11 is 0. The van der Waals surface area contributed by atoms with Crippen molar-refractivity contribution in [3.8, 4) is 17.2 Å². The van der Waals surface area contributed by atoms with Crippen LogP contribution in [0.5, 0.6) is 17.2 Å². The van der Waals surface area contributed by atoms with Gasteiger partial charge in [0.05, 0.1) is 12.3 Å². The first-order chi connectivity index (χ1) is 15.5. The molecule has 0 saturated heterocycles. The molecule has 0 radical (unpaired) electrons. The number of amides is 1. The number of ether oxygens (including phenoxy) is 4. The number of carbonyl (C=O) groups is 1. The lowest BCUT2D eigenvalue weighted by molar-refractivity contribution is -0.286. The highest BCUT2D eigenvalue weighted by Crippen LogP contribution is 2.42. The lowest BCUT2D eigenvalue weighted by atomic mass is 10.1. The summed E-state index contributed by atoms with van der Waals surface area (Å²) in [4.78, 5) is 12.2. The van der Waals surface area contributed by atoms with Crippen LogP contribution in [0.15, 0.2) is 41.3 Å². The Hall–Kier alpha value is -3.12. The smallest absolute Gasteiger partial charge is 0.492 e. The Bertz CT molecular complexity index is 1140. The molecule has 1 aliphatic heterocycles. The van der Waals surface area contributed by atoms with Gasteiger partial charge in [0.2, 0.25) is 0 Å². The van der Waals surface area contributed by atoms with Crippen molar-refractivity contribution in [1.82, 2.24) is 0 Å². The topological polar surface area (TPSA) is 112 Å². The predicted molar refractivity (Wildman–Crippen MR) is 115 cm³/mol. The van der Waals surface area contributed by atoms with Crippen molar-refractivity contribution in [2.45, 2.75) is 38.1 Å². The van der Waals surface area contributed by atoms with E-state index >= 15 is 0 Å². The van der Waals surface area contributed by atoms with Crippen LogP contribution in [0, 0.1) is 5.92 Å². The third kappa shape index (κ3) is 5.63. The van der Waals surface area contributed by atoms with Gasteiger partial charge < -0.3 is 24.3 Å². The Balaban J connectivity index is 1.85. The molecule has 1 aliphatic rings. The second kappa shape index (κ2) is 9.40. The zero-order valence-corrected chi connectivity index (χ0v) is 19.2. The molecule has 1 amide bonds. The largest absolute Gasteiger partial charge is 0.586 e. The minimum atomic E-state index is -4.19. The zero-order chi connectivity index (χ0) is 24.4. The molecule has 0 saturated carbocycles. The van der Waals surface area contributed by atoms with Crippen molar-refractivity contribution in [2.24, 2.45) is 5.92 Å². The first-order valence-electron chi connectivity index (χ1n) is 9.99. The third-order valence-electron chi connectivity index (χ3n) is 4.57. The van der Waals surface area contributed by atoms with Crippen LogP contribution in [0.1, 0.15) is 20.8 Å². The minimum Gasteiger partial charge on any atom is -0.492 e. The maximum absolute atomic E-state index is 13.2. The van der Waals surface area contributed by atoms with Crippen LogP contribution in [0.25, 0.3) is 0 Å². The van der Waals surface area contributed by atoms with Crippen molar-refractivity contribution < 1.29 is 40.9 Å². The van der Waals surface area contributed by atoms with Crippen molar-refractivity contribution >= 4 is 27.3 Å². The summed E-state index contributed by atoms with van der Waals surface area (Å²) in [5.41, 5.74) is 0.296. The molecule has 9 nitrogen and oxygen atoms in total. The number of anilines is 2. The lowest BCUT2D eigenvalue weighted by Crippen LogP contribution is -2.33. The molecule has 0 fully saturated rings. The first-order valence-corrected chi connectivity index (χ1v) is 11.5. The average molecular weight is 486 g/mol. The molecule has 0 aliphatic carbocycles. The Kier molecular flexibility index (Phi) is 6.98. The summed E-state index contributed by atoms with van der Waals surface area (Å²) in [5, 5.41) is 2.68. The molecule has 2 aromatic rings. The summed E-state index contributed by atoms with van der Waals surface area (Å²) in [6.45, 7) is 5.49. The van der Waals surface area contributed by atoms with E-state index in [1.807, 2.05) is 13.8 Å². The van der Waals surface area contributed by atoms with Gasteiger partial charge in [0.25, 0.3) is 15.9 Å². The fraction of sp³-hybridized carbons (Fsp3) is 0.381. The highest BCUT2D eigenvalue weighted by molar-refractivity contribution is 7.92. The highest BCUT2D eigenvalue weighted by Gasteiger charge is 2.43. The van der Waals surface area contributed by atoms with Crippen molar-refractivity contribution in [3.63, 3.8) is 0 Å². The van der Waals surface area contributed by atoms with Crippen LogP contribution in [0.3, 0.4) is 0 Å². The third-order valence-corrected chi connectivity index (χ3v) is 5.99. The average Bonchev–Trinajstić information content (AvgIpc) is 3.01. The fourth-order valence-corrected chi connectivity index (χ4v) is 4.37. The predicted octanol–water partition coefficient (Wildman–Crippen LogP) is 3.82. The number of halogens is 2. The summed E-state index contributed by atoms with van der Waals surface area (Å²) in [5.74, 6) is -0.990. The van der Waals surface area contributed by atoms with Gasteiger partial charge in [0.1, 0.15) is 16.7 Å².